The summed E-state index contributed by atoms with van der Waals surface area (Å²) in [6, 6.07) is -0.809. The molecule has 3 rings (SSSR count). The maximum absolute atomic E-state index is 14.0. The van der Waals surface area contributed by atoms with Gasteiger partial charge in [-0.1, -0.05) is 13.8 Å². The number of rotatable bonds is 6. The van der Waals surface area contributed by atoms with E-state index in [-0.39, 0.29) is 30.9 Å². The van der Waals surface area contributed by atoms with Crippen molar-refractivity contribution in [3.8, 4) is 0 Å². The Hall–Kier alpha value is -1.01. The zero-order chi connectivity index (χ0) is 39.0. The lowest BCUT2D eigenvalue weighted by Crippen LogP contribution is -2.60. The second-order valence-corrected chi connectivity index (χ2v) is 16.9. The zero-order valence-electron chi connectivity index (χ0n) is 33.5. The fraction of sp³-hybridized carbons (Fsp3) is 0.973. The molecule has 0 bridgehead atoms. The van der Waals surface area contributed by atoms with Crippen molar-refractivity contribution in [2.75, 3.05) is 34.8 Å². The number of methoxy groups -OCH3 is 1. The van der Waals surface area contributed by atoms with Gasteiger partial charge in [-0.3, -0.25) is 4.79 Å². The van der Waals surface area contributed by atoms with Crippen LogP contribution in [-0.2, 0) is 33.2 Å². The molecule has 0 aliphatic carbocycles. The molecule has 14 nitrogen and oxygen atoms in total. The fourth-order valence-corrected chi connectivity index (χ4v) is 8.32. The van der Waals surface area contributed by atoms with Gasteiger partial charge >= 0.3 is 5.97 Å². The van der Waals surface area contributed by atoms with Gasteiger partial charge in [-0.15, -0.1) is 0 Å². The van der Waals surface area contributed by atoms with Crippen molar-refractivity contribution < 1.29 is 58.7 Å². The van der Waals surface area contributed by atoms with E-state index >= 15 is 0 Å². The summed E-state index contributed by atoms with van der Waals surface area (Å²) < 4.78 is 37.3. The van der Waals surface area contributed by atoms with Gasteiger partial charge in [0.1, 0.15) is 30.0 Å². The molecule has 0 unspecified atom stereocenters. The zero-order valence-corrected chi connectivity index (χ0v) is 33.5. The van der Waals surface area contributed by atoms with E-state index in [0.29, 0.717) is 13.0 Å². The third-order valence-corrected chi connectivity index (χ3v) is 12.0. The largest absolute Gasteiger partial charge is 0.459 e. The van der Waals surface area contributed by atoms with Crippen LogP contribution < -0.4 is 0 Å². The first-order valence-electron chi connectivity index (χ1n) is 18.6. The number of hydrogen-bond donors (Lipinski definition) is 5. The number of carbonyl (C=O) groups excluding carboxylic acids is 1. The van der Waals surface area contributed by atoms with Crippen molar-refractivity contribution in [3.63, 3.8) is 0 Å². The number of nitrogens with zero attached hydrogens (tertiary/aromatic N) is 2. The van der Waals surface area contributed by atoms with Gasteiger partial charge < -0.3 is 63.8 Å². The van der Waals surface area contributed by atoms with Crippen LogP contribution in [0, 0.1) is 17.8 Å². The molecule has 0 aromatic rings. The van der Waals surface area contributed by atoms with Crippen molar-refractivity contribution in [1.29, 1.82) is 0 Å². The molecule has 3 fully saturated rings. The molecule has 14 heteroatoms. The number of esters is 1. The number of likely N-dealkylation sites (N-methyl/N-ethyl adjacent to an activating group) is 2. The summed E-state index contributed by atoms with van der Waals surface area (Å²) in [5.41, 5.74) is -4.38. The Bertz CT molecular complexity index is 1130. The van der Waals surface area contributed by atoms with Gasteiger partial charge in [0.25, 0.3) is 0 Å². The predicted molar refractivity (Wildman–Crippen MR) is 190 cm³/mol. The Balaban J connectivity index is 2.15. The third kappa shape index (κ3) is 10.0. The van der Waals surface area contributed by atoms with Crippen molar-refractivity contribution >= 4 is 5.97 Å². The number of aliphatic hydroxyl groups is 5. The smallest absolute Gasteiger partial charge is 0.311 e. The molecule has 300 valence electrons. The highest BCUT2D eigenvalue weighted by Crippen LogP contribution is 2.40. The third-order valence-electron chi connectivity index (χ3n) is 12.0. The molecule has 5 N–H and O–H groups in total. The minimum absolute atomic E-state index is 0.132. The second kappa shape index (κ2) is 17.2. The molecule has 3 aliphatic rings. The van der Waals surface area contributed by atoms with Gasteiger partial charge in [0.2, 0.25) is 0 Å². The number of hydrogen-bond acceptors (Lipinski definition) is 14. The van der Waals surface area contributed by atoms with Crippen LogP contribution in [0.5, 0.6) is 0 Å². The number of carbonyl (C=O) groups is 1. The molecule has 0 radical (unpaired) electrons. The van der Waals surface area contributed by atoms with Gasteiger partial charge in [-0.2, -0.15) is 0 Å². The second-order valence-electron chi connectivity index (χ2n) is 16.9. The molecule has 0 aromatic heterocycles. The first-order valence-corrected chi connectivity index (χ1v) is 18.6. The van der Waals surface area contributed by atoms with Crippen molar-refractivity contribution in [3.05, 3.63) is 0 Å². The SMILES string of the molecule is CO[C@@]1(C)C[C@@H](O[C@H]2[C@H](C)[C@@H](O[C@H]3O[C@H](C)C[C@@H](N(C)C)[C@H]3O)[C@](C)(O)C[C@@H](C)CN(C)[C@H](C)[C@@H](O)[C@@](C)(O)[C@@H](C)OC(=O)[C@@H]2C)O[C@@H](C)[C@H]1O. The summed E-state index contributed by atoms with van der Waals surface area (Å²) in [6.07, 6.45) is -8.47. The quantitative estimate of drug-likeness (QED) is 0.248. The number of ether oxygens (including phenoxy) is 6. The first-order chi connectivity index (χ1) is 23.4. The van der Waals surface area contributed by atoms with Crippen molar-refractivity contribution in [2.24, 2.45) is 17.8 Å². The van der Waals surface area contributed by atoms with E-state index in [2.05, 4.69) is 0 Å². The molecule has 0 amide bonds. The van der Waals surface area contributed by atoms with Gasteiger partial charge in [0.15, 0.2) is 12.6 Å². The standard InChI is InChI=1S/C37H70N2O12/c1-19-16-35(8,44)32(51-34-28(40)26(38(11)12)15-20(2)47-34)21(3)29(50-27-17-36(9,46-14)31(42)24(6)48-27)22(4)33(43)49-25(7)37(10,45)30(41)23(5)39(13)18-19/h19-32,34,40-42,44-45H,15-18H2,1-14H3/t19-,20-,21+,22-,23-,24+,25-,26-,27-,28-,29+,30-,31-,32-,34-,35-,36+,37+/m1/s1. The molecular formula is C37H70N2O12. The van der Waals surface area contributed by atoms with Crippen LogP contribution in [0.2, 0.25) is 0 Å². The highest BCUT2D eigenvalue weighted by Gasteiger charge is 2.52. The normalized spacial score (nSPS) is 50.4. The molecule has 0 aromatic carbocycles. The van der Waals surface area contributed by atoms with Crippen LogP contribution in [0.1, 0.15) is 88.5 Å². The average molecular weight is 735 g/mol. The molecule has 51 heavy (non-hydrogen) atoms. The predicted octanol–water partition coefficient (Wildman–Crippen LogP) is 1.51. The summed E-state index contributed by atoms with van der Waals surface area (Å²) in [6.45, 7) is 17.7. The molecule has 3 aliphatic heterocycles. The maximum atomic E-state index is 14.0. The Morgan fingerprint density at radius 3 is 2.08 bits per heavy atom. The number of aliphatic hydroxyl groups excluding tert-OH is 3. The van der Waals surface area contributed by atoms with E-state index < -0.39 is 96.0 Å². The summed E-state index contributed by atoms with van der Waals surface area (Å²) in [5.74, 6) is -2.60. The van der Waals surface area contributed by atoms with E-state index in [0.717, 1.165) is 0 Å². The molecule has 0 spiro atoms. The van der Waals surface area contributed by atoms with Crippen LogP contribution in [0.25, 0.3) is 0 Å². The fourth-order valence-electron chi connectivity index (χ4n) is 8.32. The lowest BCUT2D eigenvalue weighted by Gasteiger charge is -2.48. The van der Waals surface area contributed by atoms with Crippen molar-refractivity contribution in [2.45, 2.75) is 179 Å². The maximum Gasteiger partial charge on any atom is 0.311 e. The minimum atomic E-state index is -1.81. The van der Waals surface area contributed by atoms with Gasteiger partial charge in [0, 0.05) is 38.1 Å². The topological polar surface area (TPSA) is 180 Å². The Morgan fingerprint density at radius 2 is 1.51 bits per heavy atom. The summed E-state index contributed by atoms with van der Waals surface area (Å²) in [5, 5.41) is 57.7. The van der Waals surface area contributed by atoms with Crippen LogP contribution in [-0.4, -0.2) is 166 Å². The highest BCUT2D eigenvalue weighted by molar-refractivity contribution is 5.73. The Kier molecular flexibility index (Phi) is 15.0. The van der Waals surface area contributed by atoms with Gasteiger partial charge in [0.05, 0.1) is 41.5 Å². The first kappa shape index (κ1) is 44.4. The lowest BCUT2D eigenvalue weighted by molar-refractivity contribution is -0.318. The van der Waals surface area contributed by atoms with E-state index in [9.17, 15) is 30.3 Å². The van der Waals surface area contributed by atoms with Crippen LogP contribution in [0.4, 0.5) is 0 Å². The van der Waals surface area contributed by atoms with Crippen LogP contribution >= 0.6 is 0 Å². The molecule has 3 saturated heterocycles. The van der Waals surface area contributed by atoms with Gasteiger partial charge in [-0.25, -0.2) is 0 Å². The van der Waals surface area contributed by atoms with E-state index in [1.54, 1.807) is 41.5 Å². The van der Waals surface area contributed by atoms with E-state index in [1.165, 1.54) is 14.0 Å². The average Bonchev–Trinajstić information content (AvgIpc) is 3.03. The lowest BCUT2D eigenvalue weighted by atomic mass is 9.77. The molecule has 18 atom stereocenters. The summed E-state index contributed by atoms with van der Waals surface area (Å²) in [7, 11) is 7.10. The van der Waals surface area contributed by atoms with Crippen LogP contribution in [0.15, 0.2) is 0 Å². The van der Waals surface area contributed by atoms with Gasteiger partial charge in [-0.05, 0) is 95.3 Å². The minimum Gasteiger partial charge on any atom is -0.459 e. The molecular weight excluding hydrogens is 664 g/mol. The Morgan fingerprint density at radius 1 is 0.902 bits per heavy atom. The van der Waals surface area contributed by atoms with E-state index in [4.69, 9.17) is 28.4 Å². The molecule has 3 heterocycles. The van der Waals surface area contributed by atoms with Crippen LogP contribution in [0.3, 0.4) is 0 Å². The summed E-state index contributed by atoms with van der Waals surface area (Å²) in [4.78, 5) is 17.9. The van der Waals surface area contributed by atoms with Crippen molar-refractivity contribution in [1.82, 2.24) is 9.80 Å². The number of cyclic esters (lactones) is 1. The monoisotopic (exact) mass is 734 g/mol. The summed E-state index contributed by atoms with van der Waals surface area (Å²) >= 11 is 0. The Labute approximate surface area is 305 Å². The van der Waals surface area contributed by atoms with E-state index in [1.807, 2.05) is 51.7 Å². The molecule has 0 saturated carbocycles. The highest BCUT2D eigenvalue weighted by atomic mass is 16.7.